The van der Waals surface area contributed by atoms with Crippen LogP contribution in [0.2, 0.25) is 0 Å². The van der Waals surface area contributed by atoms with Crippen LogP contribution in [0.1, 0.15) is 39.3 Å². The zero-order chi connectivity index (χ0) is 19.0. The van der Waals surface area contributed by atoms with E-state index < -0.39 is 35.9 Å². The van der Waals surface area contributed by atoms with Gasteiger partial charge in [0.05, 0.1) is 19.3 Å². The van der Waals surface area contributed by atoms with Gasteiger partial charge in [-0.25, -0.2) is 9.59 Å². The summed E-state index contributed by atoms with van der Waals surface area (Å²) < 4.78 is 38.6. The Morgan fingerprint density at radius 2 is 1.64 bits per heavy atom. The van der Waals surface area contributed by atoms with E-state index in [1.54, 1.807) is 37.3 Å². The summed E-state index contributed by atoms with van der Waals surface area (Å²) in [6.45, 7) is 6.13. The number of rotatable bonds is 9. The molecule has 7 heteroatoms. The third-order valence-electron chi connectivity index (χ3n) is 3.61. The van der Waals surface area contributed by atoms with Gasteiger partial charge in [-0.05, 0) is 25.3 Å². The molecule has 0 fully saturated rings. The van der Waals surface area contributed by atoms with Crippen molar-refractivity contribution in [3.63, 3.8) is 0 Å². The minimum atomic E-state index is -3.79. The van der Waals surface area contributed by atoms with E-state index in [4.69, 9.17) is 4.74 Å². The van der Waals surface area contributed by atoms with Crippen molar-refractivity contribution >= 4 is 11.9 Å². The Kier molecular flexibility index (Phi) is 7.96. The fourth-order valence-electron chi connectivity index (χ4n) is 2.42. The summed E-state index contributed by atoms with van der Waals surface area (Å²) in [5.74, 6) is -6.72. The van der Waals surface area contributed by atoms with Gasteiger partial charge in [0.1, 0.15) is 6.04 Å². The molecule has 0 heterocycles. The molecule has 0 spiro atoms. The molecule has 0 saturated heterocycles. The molecule has 0 radical (unpaired) electrons. The third-order valence-corrected chi connectivity index (χ3v) is 3.61. The number of benzene rings is 1. The van der Waals surface area contributed by atoms with Crippen LogP contribution < -0.4 is 5.32 Å². The Morgan fingerprint density at radius 3 is 2.12 bits per heavy atom. The lowest BCUT2D eigenvalue weighted by atomic mass is 9.95. The van der Waals surface area contributed by atoms with Crippen LogP contribution in [0.15, 0.2) is 30.3 Å². The number of carbonyl (C=O) groups excluding carboxylic acids is 2. The lowest BCUT2D eigenvalue weighted by Crippen LogP contribution is -2.55. The minimum absolute atomic E-state index is 0.116. The lowest BCUT2D eigenvalue weighted by molar-refractivity contribution is -0.179. The molecule has 0 aliphatic carbocycles. The van der Waals surface area contributed by atoms with E-state index >= 15 is 0 Å². The Labute approximate surface area is 146 Å². The van der Waals surface area contributed by atoms with Crippen molar-refractivity contribution < 1.29 is 27.8 Å². The van der Waals surface area contributed by atoms with E-state index in [-0.39, 0.29) is 13.2 Å². The quantitative estimate of drug-likeness (QED) is 0.688. The summed E-state index contributed by atoms with van der Waals surface area (Å²) in [6.07, 6.45) is 0. The lowest BCUT2D eigenvalue weighted by Gasteiger charge is -2.32. The SMILES string of the molecule is CCOC(=O)[C@H](N[C@@H](C(C)C)C(F)(F)C(=O)OCC)c1ccccc1. The average molecular weight is 357 g/mol. The molecule has 1 aromatic carbocycles. The number of ether oxygens (including phenoxy) is 2. The molecule has 2 atom stereocenters. The summed E-state index contributed by atoms with van der Waals surface area (Å²) >= 11 is 0. The topological polar surface area (TPSA) is 64.6 Å². The van der Waals surface area contributed by atoms with Crippen LogP contribution in [-0.2, 0) is 19.1 Å². The molecule has 5 nitrogen and oxygen atoms in total. The van der Waals surface area contributed by atoms with E-state index in [1.807, 2.05) is 0 Å². The van der Waals surface area contributed by atoms with Gasteiger partial charge in [-0.15, -0.1) is 0 Å². The number of hydrogen-bond donors (Lipinski definition) is 1. The van der Waals surface area contributed by atoms with Crippen LogP contribution in [0, 0.1) is 5.92 Å². The second kappa shape index (κ2) is 9.46. The zero-order valence-electron chi connectivity index (χ0n) is 14.9. The fourth-order valence-corrected chi connectivity index (χ4v) is 2.42. The average Bonchev–Trinajstić information content (AvgIpc) is 2.56. The van der Waals surface area contributed by atoms with Gasteiger partial charge in [0, 0.05) is 0 Å². The van der Waals surface area contributed by atoms with Gasteiger partial charge < -0.3 is 9.47 Å². The fraction of sp³-hybridized carbons (Fsp3) is 0.556. The van der Waals surface area contributed by atoms with Crippen LogP contribution in [0.4, 0.5) is 8.78 Å². The molecule has 1 N–H and O–H groups in total. The maximum Gasteiger partial charge on any atom is 0.378 e. The van der Waals surface area contributed by atoms with E-state index in [0.29, 0.717) is 5.56 Å². The highest BCUT2D eigenvalue weighted by molar-refractivity contribution is 5.80. The first-order chi connectivity index (χ1) is 11.8. The molecule has 0 unspecified atom stereocenters. The predicted octanol–water partition coefficient (Wildman–Crippen LogP) is 3.10. The summed E-state index contributed by atoms with van der Waals surface area (Å²) in [5.41, 5.74) is 0.478. The molecule has 25 heavy (non-hydrogen) atoms. The van der Waals surface area contributed by atoms with Gasteiger partial charge in [-0.3, -0.25) is 5.32 Å². The van der Waals surface area contributed by atoms with Crippen molar-refractivity contribution in [3.05, 3.63) is 35.9 Å². The first-order valence-corrected chi connectivity index (χ1v) is 8.28. The molecule has 140 valence electrons. The second-order valence-corrected chi connectivity index (χ2v) is 5.83. The molecule has 0 bridgehead atoms. The van der Waals surface area contributed by atoms with Gasteiger partial charge in [0.15, 0.2) is 0 Å². The Bertz CT molecular complexity index is 563. The molecular formula is C18H25F2NO4. The van der Waals surface area contributed by atoms with Crippen molar-refractivity contribution in [2.24, 2.45) is 5.92 Å². The van der Waals surface area contributed by atoms with Gasteiger partial charge >= 0.3 is 17.9 Å². The van der Waals surface area contributed by atoms with Gasteiger partial charge in [0.2, 0.25) is 0 Å². The van der Waals surface area contributed by atoms with Gasteiger partial charge in [-0.1, -0.05) is 44.2 Å². The number of carbonyl (C=O) groups is 2. The Hall–Kier alpha value is -2.02. The largest absolute Gasteiger partial charge is 0.465 e. The van der Waals surface area contributed by atoms with E-state index in [0.717, 1.165) is 0 Å². The van der Waals surface area contributed by atoms with Gasteiger partial charge in [0.25, 0.3) is 0 Å². The summed E-state index contributed by atoms with van der Waals surface area (Å²) in [5, 5.41) is 2.61. The maximum atomic E-state index is 14.6. The van der Waals surface area contributed by atoms with E-state index in [9.17, 15) is 18.4 Å². The van der Waals surface area contributed by atoms with Gasteiger partial charge in [-0.2, -0.15) is 8.78 Å². The van der Waals surface area contributed by atoms with Crippen LogP contribution >= 0.6 is 0 Å². The highest BCUT2D eigenvalue weighted by Crippen LogP contribution is 2.29. The van der Waals surface area contributed by atoms with Crippen molar-refractivity contribution in [1.82, 2.24) is 5.32 Å². The first kappa shape index (κ1) is 21.0. The second-order valence-electron chi connectivity index (χ2n) is 5.83. The molecule has 0 aromatic heterocycles. The van der Waals surface area contributed by atoms with E-state index in [2.05, 4.69) is 10.1 Å². The van der Waals surface area contributed by atoms with Crippen molar-refractivity contribution in [2.75, 3.05) is 13.2 Å². The maximum absolute atomic E-state index is 14.6. The van der Waals surface area contributed by atoms with Crippen molar-refractivity contribution in [2.45, 2.75) is 45.7 Å². The summed E-state index contributed by atoms with van der Waals surface area (Å²) in [6, 6.07) is 5.69. The molecule has 0 aliphatic heterocycles. The zero-order valence-corrected chi connectivity index (χ0v) is 14.9. The smallest absolute Gasteiger partial charge is 0.378 e. The number of alkyl halides is 2. The Morgan fingerprint density at radius 1 is 1.08 bits per heavy atom. The molecule has 1 aromatic rings. The predicted molar refractivity (Wildman–Crippen MR) is 89.2 cm³/mol. The molecule has 1 rings (SSSR count). The third kappa shape index (κ3) is 5.49. The minimum Gasteiger partial charge on any atom is -0.465 e. The standard InChI is InChI=1S/C18H25F2NO4/c1-5-24-16(22)14(13-10-8-7-9-11-13)21-15(12(3)4)18(19,20)17(23)25-6-2/h7-12,14-15,21H,5-6H2,1-4H3/t14-,15+/m1/s1. The highest BCUT2D eigenvalue weighted by atomic mass is 19.3. The monoisotopic (exact) mass is 357 g/mol. The summed E-state index contributed by atoms with van der Waals surface area (Å²) in [7, 11) is 0. The molecule has 0 aliphatic rings. The number of esters is 2. The Balaban J connectivity index is 3.16. The molecule has 0 saturated carbocycles. The van der Waals surface area contributed by atoms with Crippen LogP contribution in [0.3, 0.4) is 0 Å². The summed E-state index contributed by atoms with van der Waals surface area (Å²) in [4.78, 5) is 24.0. The van der Waals surface area contributed by atoms with Crippen LogP contribution in [-0.4, -0.2) is 37.1 Å². The number of hydrogen-bond acceptors (Lipinski definition) is 5. The molecular weight excluding hydrogens is 332 g/mol. The first-order valence-electron chi connectivity index (χ1n) is 8.28. The number of halogens is 2. The normalized spacial score (nSPS) is 14.0. The highest BCUT2D eigenvalue weighted by Gasteiger charge is 2.51. The van der Waals surface area contributed by atoms with Crippen molar-refractivity contribution in [3.8, 4) is 0 Å². The van der Waals surface area contributed by atoms with Crippen molar-refractivity contribution in [1.29, 1.82) is 0 Å². The number of nitrogens with one attached hydrogen (secondary N) is 1. The van der Waals surface area contributed by atoms with Crippen LogP contribution in [0.5, 0.6) is 0 Å². The van der Waals surface area contributed by atoms with Crippen LogP contribution in [0.25, 0.3) is 0 Å². The van der Waals surface area contributed by atoms with E-state index in [1.165, 1.54) is 20.8 Å². The molecule has 0 amide bonds.